The van der Waals surface area contributed by atoms with Crippen molar-refractivity contribution in [3.63, 3.8) is 0 Å². The van der Waals surface area contributed by atoms with Gasteiger partial charge in [0.2, 0.25) is 5.95 Å². The molecule has 4 nitrogen and oxygen atoms in total. The molecule has 0 atom stereocenters. The lowest BCUT2D eigenvalue weighted by Crippen LogP contribution is -1.93. The van der Waals surface area contributed by atoms with Crippen LogP contribution in [-0.2, 0) is 6.42 Å². The summed E-state index contributed by atoms with van der Waals surface area (Å²) in [5.74, 6) is 0.856. The standard InChI is InChI=1S/C15H11Cl3N4/c16-10-4-2-1-3-9(10)14-11(17)5-8(6-12(14)18)7-13-20-15(19)22-21-13/h1-6H,7H2,(H3,19,20,21,22). The fraction of sp³-hybridized carbons (Fsp3) is 0.0667. The third kappa shape index (κ3) is 3.04. The third-order valence-electron chi connectivity index (χ3n) is 3.17. The van der Waals surface area contributed by atoms with Crippen LogP contribution in [0.3, 0.4) is 0 Å². The predicted molar refractivity (Wildman–Crippen MR) is 90.5 cm³/mol. The first-order valence-electron chi connectivity index (χ1n) is 6.44. The van der Waals surface area contributed by atoms with Crippen molar-refractivity contribution < 1.29 is 0 Å². The Morgan fingerprint density at radius 1 is 1.00 bits per heavy atom. The second-order valence-corrected chi connectivity index (χ2v) is 5.95. The van der Waals surface area contributed by atoms with E-state index in [0.29, 0.717) is 27.3 Å². The van der Waals surface area contributed by atoms with Gasteiger partial charge in [-0.3, -0.25) is 5.10 Å². The molecule has 0 saturated carbocycles. The number of benzene rings is 2. The second kappa shape index (κ2) is 6.16. The van der Waals surface area contributed by atoms with Gasteiger partial charge in [-0.2, -0.15) is 4.98 Å². The number of halogens is 3. The van der Waals surface area contributed by atoms with Gasteiger partial charge in [0.05, 0.1) is 10.0 Å². The van der Waals surface area contributed by atoms with Crippen LogP contribution in [0.5, 0.6) is 0 Å². The average molecular weight is 354 g/mol. The largest absolute Gasteiger partial charge is 0.367 e. The molecular formula is C15H11Cl3N4. The zero-order valence-corrected chi connectivity index (χ0v) is 13.5. The minimum atomic E-state index is 0.208. The Balaban J connectivity index is 2.00. The van der Waals surface area contributed by atoms with E-state index in [-0.39, 0.29) is 5.95 Å². The topological polar surface area (TPSA) is 67.6 Å². The quantitative estimate of drug-likeness (QED) is 0.723. The van der Waals surface area contributed by atoms with E-state index < -0.39 is 0 Å². The lowest BCUT2D eigenvalue weighted by molar-refractivity contribution is 0.973. The van der Waals surface area contributed by atoms with Gasteiger partial charge in [0.15, 0.2) is 0 Å². The van der Waals surface area contributed by atoms with Crippen molar-refractivity contribution in [1.29, 1.82) is 0 Å². The SMILES string of the molecule is Nc1n[nH]c(Cc2cc(Cl)c(-c3ccccc3Cl)c(Cl)c2)n1. The normalized spacial score (nSPS) is 10.9. The summed E-state index contributed by atoms with van der Waals surface area (Å²) in [4.78, 5) is 4.06. The number of hydrogen-bond acceptors (Lipinski definition) is 3. The van der Waals surface area contributed by atoms with Crippen molar-refractivity contribution in [2.75, 3.05) is 5.73 Å². The molecule has 0 amide bonds. The summed E-state index contributed by atoms with van der Waals surface area (Å²) in [6.45, 7) is 0. The maximum absolute atomic E-state index is 6.40. The lowest BCUT2D eigenvalue weighted by atomic mass is 10.0. The molecule has 22 heavy (non-hydrogen) atoms. The fourth-order valence-electron chi connectivity index (χ4n) is 2.23. The van der Waals surface area contributed by atoms with Crippen LogP contribution in [0, 0.1) is 0 Å². The molecule has 0 bridgehead atoms. The summed E-state index contributed by atoms with van der Waals surface area (Å²) in [5.41, 5.74) is 7.91. The molecule has 2 aromatic carbocycles. The van der Waals surface area contributed by atoms with Gasteiger partial charge in [-0.05, 0) is 23.8 Å². The number of anilines is 1. The number of aromatic nitrogens is 3. The number of nitrogens with two attached hydrogens (primary N) is 1. The fourth-order valence-corrected chi connectivity index (χ4v) is 3.20. The first-order valence-corrected chi connectivity index (χ1v) is 7.57. The number of nitrogen functional groups attached to an aromatic ring is 1. The monoisotopic (exact) mass is 352 g/mol. The Hall–Kier alpha value is -1.75. The summed E-state index contributed by atoms with van der Waals surface area (Å²) in [6.07, 6.45) is 0.506. The number of hydrogen-bond donors (Lipinski definition) is 2. The highest BCUT2D eigenvalue weighted by atomic mass is 35.5. The smallest absolute Gasteiger partial charge is 0.239 e. The molecule has 3 rings (SSSR count). The van der Waals surface area contributed by atoms with Crippen LogP contribution in [0.2, 0.25) is 15.1 Å². The molecule has 0 fully saturated rings. The van der Waals surface area contributed by atoms with E-state index in [0.717, 1.165) is 16.7 Å². The molecule has 0 radical (unpaired) electrons. The van der Waals surface area contributed by atoms with E-state index in [9.17, 15) is 0 Å². The van der Waals surface area contributed by atoms with Crippen molar-refractivity contribution in [3.05, 3.63) is 62.9 Å². The van der Waals surface area contributed by atoms with Gasteiger partial charge in [-0.25, -0.2) is 0 Å². The molecule has 7 heteroatoms. The lowest BCUT2D eigenvalue weighted by Gasteiger charge is -2.11. The van der Waals surface area contributed by atoms with Gasteiger partial charge in [0.25, 0.3) is 0 Å². The molecule has 1 aromatic heterocycles. The predicted octanol–water partition coefficient (Wildman–Crippen LogP) is 4.60. The summed E-state index contributed by atoms with van der Waals surface area (Å²) >= 11 is 19.0. The van der Waals surface area contributed by atoms with Crippen molar-refractivity contribution in [2.24, 2.45) is 0 Å². The first kappa shape index (κ1) is 15.2. The van der Waals surface area contributed by atoms with Crippen LogP contribution < -0.4 is 5.73 Å². The summed E-state index contributed by atoms with van der Waals surface area (Å²) in [5, 5.41) is 8.21. The molecule has 0 aliphatic carbocycles. The molecule has 0 spiro atoms. The molecule has 3 aromatic rings. The second-order valence-electron chi connectivity index (χ2n) is 4.73. The Morgan fingerprint density at radius 3 is 2.27 bits per heavy atom. The summed E-state index contributed by atoms with van der Waals surface area (Å²) in [6, 6.07) is 11.1. The molecule has 112 valence electrons. The van der Waals surface area contributed by atoms with Gasteiger partial charge in [-0.1, -0.05) is 53.0 Å². The molecule has 0 aliphatic heterocycles. The van der Waals surface area contributed by atoms with Crippen LogP contribution in [0.25, 0.3) is 11.1 Å². The van der Waals surface area contributed by atoms with Crippen molar-refractivity contribution >= 4 is 40.8 Å². The Labute approximate surface area is 142 Å². The molecule has 1 heterocycles. The highest BCUT2D eigenvalue weighted by molar-refractivity contribution is 6.41. The number of H-pyrrole nitrogens is 1. The molecule has 3 N–H and O–H groups in total. The zero-order chi connectivity index (χ0) is 15.7. The van der Waals surface area contributed by atoms with Crippen LogP contribution in [0.15, 0.2) is 36.4 Å². The van der Waals surface area contributed by atoms with E-state index in [4.69, 9.17) is 40.5 Å². The third-order valence-corrected chi connectivity index (χ3v) is 4.09. The highest BCUT2D eigenvalue weighted by Crippen LogP contribution is 2.39. The van der Waals surface area contributed by atoms with Crippen LogP contribution in [-0.4, -0.2) is 15.2 Å². The van der Waals surface area contributed by atoms with Gasteiger partial charge < -0.3 is 5.73 Å². The van der Waals surface area contributed by atoms with E-state index in [1.807, 2.05) is 30.3 Å². The average Bonchev–Trinajstić information content (AvgIpc) is 2.85. The van der Waals surface area contributed by atoms with Gasteiger partial charge in [0, 0.05) is 22.6 Å². The number of aromatic amines is 1. The Bertz CT molecular complexity index is 806. The van der Waals surface area contributed by atoms with Gasteiger partial charge in [0.1, 0.15) is 5.82 Å². The molecule has 0 aliphatic rings. The summed E-state index contributed by atoms with van der Waals surface area (Å²) in [7, 11) is 0. The minimum Gasteiger partial charge on any atom is -0.367 e. The maximum Gasteiger partial charge on any atom is 0.239 e. The van der Waals surface area contributed by atoms with Crippen LogP contribution in [0.4, 0.5) is 5.95 Å². The van der Waals surface area contributed by atoms with Crippen molar-refractivity contribution in [2.45, 2.75) is 6.42 Å². The number of rotatable bonds is 3. The Morgan fingerprint density at radius 2 is 1.68 bits per heavy atom. The van der Waals surface area contributed by atoms with Crippen molar-refractivity contribution in [1.82, 2.24) is 15.2 Å². The number of nitrogens with one attached hydrogen (secondary N) is 1. The molecule has 0 unspecified atom stereocenters. The van der Waals surface area contributed by atoms with Crippen LogP contribution in [0.1, 0.15) is 11.4 Å². The van der Waals surface area contributed by atoms with Crippen LogP contribution >= 0.6 is 34.8 Å². The van der Waals surface area contributed by atoms with Gasteiger partial charge >= 0.3 is 0 Å². The Kier molecular flexibility index (Phi) is 4.25. The number of nitrogens with zero attached hydrogens (tertiary/aromatic N) is 2. The van der Waals surface area contributed by atoms with E-state index >= 15 is 0 Å². The molecular weight excluding hydrogens is 343 g/mol. The first-order chi connectivity index (χ1) is 10.5. The van der Waals surface area contributed by atoms with Crippen molar-refractivity contribution in [3.8, 4) is 11.1 Å². The molecule has 0 saturated heterocycles. The highest BCUT2D eigenvalue weighted by Gasteiger charge is 2.14. The zero-order valence-electron chi connectivity index (χ0n) is 11.3. The maximum atomic E-state index is 6.40. The van der Waals surface area contributed by atoms with Gasteiger partial charge in [-0.15, -0.1) is 5.10 Å². The van der Waals surface area contributed by atoms with E-state index in [1.165, 1.54) is 0 Å². The van der Waals surface area contributed by atoms with E-state index in [2.05, 4.69) is 15.2 Å². The van der Waals surface area contributed by atoms with E-state index in [1.54, 1.807) is 6.07 Å². The summed E-state index contributed by atoms with van der Waals surface area (Å²) < 4.78 is 0. The minimum absolute atomic E-state index is 0.208.